The molecule has 7 heteroatoms. The largest absolute Gasteiger partial charge is 0.372 e. The lowest BCUT2D eigenvalue weighted by atomic mass is 9.82. The van der Waals surface area contributed by atoms with Crippen molar-refractivity contribution in [2.45, 2.75) is 72.6 Å². The Hall–Kier alpha value is -1.40. The van der Waals surface area contributed by atoms with Gasteiger partial charge in [0.15, 0.2) is 0 Å². The minimum atomic E-state index is -0.196. The number of nitrogens with one attached hydrogen (secondary N) is 1. The average Bonchev–Trinajstić information content (AvgIpc) is 2.41. The van der Waals surface area contributed by atoms with E-state index in [9.17, 15) is 4.79 Å². The summed E-state index contributed by atoms with van der Waals surface area (Å²) in [5.41, 5.74) is 0.268. The number of aromatic nitrogens is 2. The summed E-state index contributed by atoms with van der Waals surface area (Å²) in [7, 11) is 0. The molecule has 1 saturated heterocycles. The van der Waals surface area contributed by atoms with Crippen molar-refractivity contribution in [1.82, 2.24) is 14.9 Å². The smallest absolute Gasteiger partial charge is 0.272 e. The van der Waals surface area contributed by atoms with Gasteiger partial charge in [-0.2, -0.15) is 0 Å². The number of hydrogen-bond acceptors (Lipinski definition) is 5. The van der Waals surface area contributed by atoms with Gasteiger partial charge in [-0.1, -0.05) is 20.8 Å². The van der Waals surface area contributed by atoms with Gasteiger partial charge in [-0.05, 0) is 51.1 Å². The van der Waals surface area contributed by atoms with Gasteiger partial charge >= 0.3 is 0 Å². The minimum absolute atomic E-state index is 0.00308. The molecule has 0 radical (unpaired) electrons. The summed E-state index contributed by atoms with van der Waals surface area (Å²) in [5.74, 6) is 0.421. The lowest BCUT2D eigenvalue weighted by molar-refractivity contribution is -0.0587. The molecule has 2 heterocycles. The molecule has 0 spiro atoms. The predicted molar refractivity (Wildman–Crippen MR) is 105 cm³/mol. The highest BCUT2D eigenvalue weighted by Gasteiger charge is 2.29. The Morgan fingerprint density at radius 3 is 2.35 bits per heavy atom. The average molecular weight is 383 g/mol. The first-order chi connectivity index (χ1) is 11.8. The monoisotopic (exact) mass is 382 g/mol. The van der Waals surface area contributed by atoms with E-state index >= 15 is 0 Å². The first kappa shape index (κ1) is 20.9. The second-order valence-electron chi connectivity index (χ2n) is 9.12. The number of ether oxygens (including phenoxy) is 1. The van der Waals surface area contributed by atoms with E-state index in [2.05, 4.69) is 49.9 Å². The Labute approximate surface area is 161 Å². The molecule has 1 aromatic rings. The van der Waals surface area contributed by atoms with Crippen LogP contribution < -0.4 is 5.32 Å². The zero-order valence-corrected chi connectivity index (χ0v) is 17.6. The van der Waals surface area contributed by atoms with E-state index in [1.165, 1.54) is 0 Å². The quantitative estimate of drug-likeness (QED) is 0.797. The molecule has 26 heavy (non-hydrogen) atoms. The highest BCUT2D eigenvalue weighted by Crippen LogP contribution is 2.29. The maximum atomic E-state index is 12.9. The molecule has 1 aliphatic heterocycles. The fourth-order valence-electron chi connectivity index (χ4n) is 3.81. The Morgan fingerprint density at radius 1 is 1.23 bits per heavy atom. The van der Waals surface area contributed by atoms with Crippen LogP contribution in [0.4, 0.5) is 5.82 Å². The maximum absolute atomic E-state index is 12.9. The number of anilines is 1. The van der Waals surface area contributed by atoms with Gasteiger partial charge in [0, 0.05) is 24.7 Å². The number of nitrogens with zero attached hydrogens (tertiary/aromatic N) is 3. The second-order valence-corrected chi connectivity index (χ2v) is 9.46. The molecule has 0 aliphatic carbocycles. The van der Waals surface area contributed by atoms with Gasteiger partial charge in [0.2, 0.25) is 5.28 Å². The highest BCUT2D eigenvalue weighted by atomic mass is 35.5. The van der Waals surface area contributed by atoms with Gasteiger partial charge in [0.25, 0.3) is 5.91 Å². The molecular formula is C19H31ClN4O2. The van der Waals surface area contributed by atoms with Crippen LogP contribution >= 0.6 is 11.6 Å². The fourth-order valence-corrected chi connectivity index (χ4v) is 4.00. The minimum Gasteiger partial charge on any atom is -0.372 e. The van der Waals surface area contributed by atoms with Crippen molar-refractivity contribution in [3.8, 4) is 0 Å². The van der Waals surface area contributed by atoms with Crippen LogP contribution in [-0.4, -0.2) is 51.6 Å². The Morgan fingerprint density at radius 2 is 1.81 bits per heavy atom. The SMILES string of the molecule is C[C@@H]1CN(C(=O)c2cc(NC(C)(C)CC(C)(C)C)nc(Cl)n2)C[C@H](C)O1. The van der Waals surface area contributed by atoms with E-state index in [1.54, 1.807) is 11.0 Å². The van der Waals surface area contributed by atoms with E-state index in [4.69, 9.17) is 16.3 Å². The second kappa shape index (κ2) is 7.69. The van der Waals surface area contributed by atoms with Crippen LogP contribution in [-0.2, 0) is 4.74 Å². The first-order valence-corrected chi connectivity index (χ1v) is 9.50. The van der Waals surface area contributed by atoms with Crippen molar-refractivity contribution < 1.29 is 9.53 Å². The number of carbonyl (C=O) groups is 1. The summed E-state index contributed by atoms with van der Waals surface area (Å²) in [5, 5.41) is 3.47. The van der Waals surface area contributed by atoms with Crippen LogP contribution in [0.15, 0.2) is 6.07 Å². The Balaban J connectivity index is 2.20. The van der Waals surface area contributed by atoms with Crippen LogP contribution in [0.25, 0.3) is 0 Å². The third kappa shape index (κ3) is 6.09. The molecule has 1 N–H and O–H groups in total. The van der Waals surface area contributed by atoms with Crippen LogP contribution in [0.1, 0.15) is 65.4 Å². The summed E-state index contributed by atoms with van der Waals surface area (Å²) in [6.07, 6.45) is 0.940. The van der Waals surface area contributed by atoms with Crippen LogP contribution in [0.3, 0.4) is 0 Å². The molecule has 0 saturated carbocycles. The van der Waals surface area contributed by atoms with Gasteiger partial charge < -0.3 is 15.0 Å². The summed E-state index contributed by atoms with van der Waals surface area (Å²) in [6, 6.07) is 1.68. The summed E-state index contributed by atoms with van der Waals surface area (Å²) >= 11 is 6.09. The molecule has 6 nitrogen and oxygen atoms in total. The highest BCUT2D eigenvalue weighted by molar-refractivity contribution is 6.28. The van der Waals surface area contributed by atoms with E-state index in [1.807, 2.05) is 13.8 Å². The summed E-state index contributed by atoms with van der Waals surface area (Å²) in [4.78, 5) is 23.0. The Kier molecular flexibility index (Phi) is 6.18. The number of halogens is 1. The molecule has 146 valence electrons. The normalized spacial score (nSPS) is 21.6. The molecule has 0 bridgehead atoms. The molecule has 1 aliphatic rings. The van der Waals surface area contributed by atoms with Gasteiger partial charge in [-0.3, -0.25) is 4.79 Å². The standard InChI is InChI=1S/C19H31ClN4O2/c1-12-9-24(10-13(2)26-12)16(25)14-8-15(22-17(20)21-14)23-19(6,7)11-18(3,4)5/h8,12-13H,9-11H2,1-7H3,(H,21,22,23)/t12-,13+. The first-order valence-electron chi connectivity index (χ1n) is 9.12. The number of morpholine rings is 1. The summed E-state index contributed by atoms with van der Waals surface area (Å²) in [6.45, 7) is 15.8. The van der Waals surface area contributed by atoms with Crippen molar-refractivity contribution in [3.63, 3.8) is 0 Å². The molecule has 1 fully saturated rings. The predicted octanol–water partition coefficient (Wildman–Crippen LogP) is 4.01. The van der Waals surface area contributed by atoms with Crippen molar-refractivity contribution in [2.24, 2.45) is 5.41 Å². The molecule has 0 aromatic carbocycles. The van der Waals surface area contributed by atoms with E-state index in [0.29, 0.717) is 24.6 Å². The zero-order chi connectivity index (χ0) is 19.7. The van der Waals surface area contributed by atoms with E-state index in [-0.39, 0.29) is 34.4 Å². The number of carbonyl (C=O) groups excluding carboxylic acids is 1. The third-order valence-electron chi connectivity index (χ3n) is 4.06. The van der Waals surface area contributed by atoms with Crippen LogP contribution in [0, 0.1) is 5.41 Å². The van der Waals surface area contributed by atoms with Gasteiger partial charge in [0.1, 0.15) is 11.5 Å². The molecule has 0 unspecified atom stereocenters. The topological polar surface area (TPSA) is 67.4 Å². The summed E-state index contributed by atoms with van der Waals surface area (Å²) < 4.78 is 5.70. The Bertz CT molecular complexity index is 647. The molecule has 2 atom stereocenters. The maximum Gasteiger partial charge on any atom is 0.272 e. The zero-order valence-electron chi connectivity index (χ0n) is 16.9. The number of rotatable bonds is 4. The number of amides is 1. The van der Waals surface area contributed by atoms with Gasteiger partial charge in [0.05, 0.1) is 12.2 Å². The van der Waals surface area contributed by atoms with Gasteiger partial charge in [-0.15, -0.1) is 0 Å². The lowest BCUT2D eigenvalue weighted by Gasteiger charge is -2.35. The third-order valence-corrected chi connectivity index (χ3v) is 4.23. The van der Waals surface area contributed by atoms with E-state index < -0.39 is 0 Å². The molecular weight excluding hydrogens is 352 g/mol. The van der Waals surface area contributed by atoms with Crippen molar-refractivity contribution >= 4 is 23.3 Å². The van der Waals surface area contributed by atoms with E-state index in [0.717, 1.165) is 6.42 Å². The lowest BCUT2D eigenvalue weighted by Crippen LogP contribution is -2.48. The molecule has 1 amide bonds. The van der Waals surface area contributed by atoms with Crippen LogP contribution in [0.2, 0.25) is 5.28 Å². The number of hydrogen-bond donors (Lipinski definition) is 1. The van der Waals surface area contributed by atoms with Gasteiger partial charge in [-0.25, -0.2) is 9.97 Å². The molecule has 2 rings (SSSR count). The van der Waals surface area contributed by atoms with Crippen molar-refractivity contribution in [2.75, 3.05) is 18.4 Å². The fraction of sp³-hybridized carbons (Fsp3) is 0.737. The molecule has 1 aromatic heterocycles. The van der Waals surface area contributed by atoms with Crippen LogP contribution in [0.5, 0.6) is 0 Å². The van der Waals surface area contributed by atoms with Crippen molar-refractivity contribution in [3.05, 3.63) is 17.0 Å². The van der Waals surface area contributed by atoms with Crippen molar-refractivity contribution in [1.29, 1.82) is 0 Å².